The molecule has 1 N–H and O–H groups in total. The molecule has 1 aromatic heterocycles. The first-order valence-corrected chi connectivity index (χ1v) is 5.61. The smallest absolute Gasteiger partial charge is 0.354 e. The first kappa shape index (κ1) is 9.01. The van der Waals surface area contributed by atoms with Crippen LogP contribution in [0.4, 0.5) is 0 Å². The minimum absolute atomic E-state index is 0.225. The lowest BCUT2D eigenvalue weighted by molar-refractivity contribution is 0.0520. The number of H-pyrrole nitrogens is 1. The number of carbonyl (C=O) groups is 1. The van der Waals surface area contributed by atoms with Crippen molar-refractivity contribution in [2.45, 2.75) is 26.2 Å². The van der Waals surface area contributed by atoms with Crippen molar-refractivity contribution in [2.75, 3.05) is 6.61 Å². The molecule has 1 heterocycles. The van der Waals surface area contributed by atoms with Crippen molar-refractivity contribution in [3.63, 3.8) is 0 Å². The average Bonchev–Trinajstić information content (AvgIpc) is 2.62. The van der Waals surface area contributed by atoms with Gasteiger partial charge >= 0.3 is 5.97 Å². The Balaban J connectivity index is 1.86. The molecule has 1 saturated carbocycles. The van der Waals surface area contributed by atoms with Crippen LogP contribution in [0.5, 0.6) is 0 Å². The normalized spacial score (nSPS) is 30.9. The van der Waals surface area contributed by atoms with Crippen molar-refractivity contribution >= 4 is 5.97 Å². The number of hydrogen-bond donors (Lipinski definition) is 1. The molecule has 0 saturated heterocycles. The molecule has 0 amide bonds. The Kier molecular flexibility index (Phi) is 1.73. The monoisotopic (exact) mass is 205 g/mol. The van der Waals surface area contributed by atoms with Crippen LogP contribution >= 0.6 is 0 Å². The molecule has 1 fully saturated rings. The van der Waals surface area contributed by atoms with Gasteiger partial charge in [0.25, 0.3) is 0 Å². The second-order valence-electron chi connectivity index (χ2n) is 4.59. The van der Waals surface area contributed by atoms with Crippen LogP contribution < -0.4 is 0 Å². The number of rotatable bonds is 2. The van der Waals surface area contributed by atoms with Gasteiger partial charge in [-0.2, -0.15) is 0 Å². The van der Waals surface area contributed by atoms with Gasteiger partial charge in [-0.1, -0.05) is 6.92 Å². The second-order valence-corrected chi connectivity index (χ2v) is 4.59. The molecule has 3 unspecified atom stereocenters. The van der Waals surface area contributed by atoms with Gasteiger partial charge < -0.3 is 9.72 Å². The van der Waals surface area contributed by atoms with Gasteiger partial charge in [0.2, 0.25) is 0 Å². The van der Waals surface area contributed by atoms with Crippen molar-refractivity contribution in [2.24, 2.45) is 11.8 Å². The van der Waals surface area contributed by atoms with E-state index in [9.17, 15) is 4.79 Å². The Morgan fingerprint density at radius 2 is 2.47 bits per heavy atom. The van der Waals surface area contributed by atoms with Crippen molar-refractivity contribution in [1.29, 1.82) is 0 Å². The van der Waals surface area contributed by atoms with Crippen molar-refractivity contribution < 1.29 is 9.53 Å². The molecular weight excluding hydrogens is 190 g/mol. The number of fused-ring (bicyclic) bond motifs is 3. The van der Waals surface area contributed by atoms with Crippen LogP contribution in [0.15, 0.2) is 6.07 Å². The van der Waals surface area contributed by atoms with Gasteiger partial charge in [0.15, 0.2) is 0 Å². The largest absolute Gasteiger partial charge is 0.461 e. The Labute approximate surface area is 88.8 Å². The van der Waals surface area contributed by atoms with Gasteiger partial charge in [0.1, 0.15) is 5.69 Å². The van der Waals surface area contributed by atoms with Gasteiger partial charge in [-0.25, -0.2) is 4.79 Å². The Bertz CT molecular complexity index is 421. The molecule has 0 aliphatic heterocycles. The van der Waals surface area contributed by atoms with E-state index in [1.807, 2.05) is 13.0 Å². The summed E-state index contributed by atoms with van der Waals surface area (Å²) in [5, 5.41) is 0. The summed E-state index contributed by atoms with van der Waals surface area (Å²) >= 11 is 0. The Morgan fingerprint density at radius 1 is 1.67 bits per heavy atom. The van der Waals surface area contributed by atoms with Crippen LogP contribution in [0.1, 0.15) is 41.5 Å². The molecular formula is C12H15NO2. The molecule has 0 bridgehead atoms. The van der Waals surface area contributed by atoms with Crippen LogP contribution in [-0.2, 0) is 11.2 Å². The van der Waals surface area contributed by atoms with E-state index in [-0.39, 0.29) is 5.97 Å². The highest BCUT2D eigenvalue weighted by atomic mass is 16.5. The van der Waals surface area contributed by atoms with Crippen molar-refractivity contribution in [3.8, 4) is 0 Å². The molecule has 0 radical (unpaired) electrons. The van der Waals surface area contributed by atoms with Crippen LogP contribution in [0.25, 0.3) is 0 Å². The molecule has 3 atom stereocenters. The first-order chi connectivity index (χ1) is 7.22. The molecule has 0 aromatic carbocycles. The van der Waals surface area contributed by atoms with Gasteiger partial charge in [-0.3, -0.25) is 0 Å². The number of carbonyl (C=O) groups excluding carboxylic acids is 1. The Hall–Kier alpha value is -1.25. The number of hydrogen-bond acceptors (Lipinski definition) is 2. The highest BCUT2D eigenvalue weighted by Gasteiger charge is 2.53. The van der Waals surface area contributed by atoms with Crippen LogP contribution in [0.3, 0.4) is 0 Å². The molecule has 2 aliphatic carbocycles. The van der Waals surface area contributed by atoms with Crippen LogP contribution in [-0.4, -0.2) is 17.6 Å². The number of aromatic nitrogens is 1. The third-order valence-electron chi connectivity index (χ3n) is 3.79. The van der Waals surface area contributed by atoms with E-state index in [2.05, 4.69) is 11.9 Å². The lowest BCUT2D eigenvalue weighted by Gasteiger charge is -1.98. The van der Waals surface area contributed by atoms with Crippen LogP contribution in [0, 0.1) is 11.8 Å². The predicted molar refractivity (Wildman–Crippen MR) is 55.8 cm³/mol. The zero-order chi connectivity index (χ0) is 10.6. The summed E-state index contributed by atoms with van der Waals surface area (Å²) < 4.78 is 4.97. The first-order valence-electron chi connectivity index (χ1n) is 5.61. The number of esters is 1. The highest BCUT2D eigenvalue weighted by molar-refractivity contribution is 5.88. The zero-order valence-corrected chi connectivity index (χ0v) is 9.04. The topological polar surface area (TPSA) is 42.1 Å². The molecule has 3 rings (SSSR count). The Morgan fingerprint density at radius 3 is 3.20 bits per heavy atom. The third-order valence-corrected chi connectivity index (χ3v) is 3.79. The molecule has 0 spiro atoms. The molecule has 3 heteroatoms. The van der Waals surface area contributed by atoms with E-state index >= 15 is 0 Å². The summed E-state index contributed by atoms with van der Waals surface area (Å²) in [6.07, 6.45) is 1.11. The maximum absolute atomic E-state index is 11.5. The third kappa shape index (κ3) is 1.15. The summed E-state index contributed by atoms with van der Waals surface area (Å²) in [5.74, 6) is 2.13. The average molecular weight is 205 g/mol. The maximum Gasteiger partial charge on any atom is 0.354 e. The van der Waals surface area contributed by atoms with E-state index in [4.69, 9.17) is 4.74 Å². The predicted octanol–water partition coefficient (Wildman–Crippen LogP) is 2.10. The minimum Gasteiger partial charge on any atom is -0.461 e. The van der Waals surface area contributed by atoms with E-state index in [1.165, 1.54) is 11.3 Å². The van der Waals surface area contributed by atoms with Gasteiger partial charge in [0.05, 0.1) is 6.61 Å². The molecule has 2 aliphatic rings. The second kappa shape index (κ2) is 2.87. The van der Waals surface area contributed by atoms with E-state index in [0.29, 0.717) is 18.2 Å². The van der Waals surface area contributed by atoms with E-state index in [1.54, 1.807) is 0 Å². The number of ether oxygens (including phenoxy) is 1. The van der Waals surface area contributed by atoms with E-state index < -0.39 is 0 Å². The molecule has 3 nitrogen and oxygen atoms in total. The molecule has 15 heavy (non-hydrogen) atoms. The van der Waals surface area contributed by atoms with Gasteiger partial charge in [0, 0.05) is 5.69 Å². The summed E-state index contributed by atoms with van der Waals surface area (Å²) in [6, 6.07) is 1.99. The quantitative estimate of drug-likeness (QED) is 0.751. The maximum atomic E-state index is 11.5. The highest BCUT2D eigenvalue weighted by Crippen LogP contribution is 2.61. The lowest BCUT2D eigenvalue weighted by atomic mass is 10.1. The van der Waals surface area contributed by atoms with Gasteiger partial charge in [-0.05, 0) is 42.7 Å². The van der Waals surface area contributed by atoms with Crippen molar-refractivity contribution in [3.05, 3.63) is 23.0 Å². The van der Waals surface area contributed by atoms with E-state index in [0.717, 1.165) is 18.3 Å². The number of nitrogens with one attached hydrogen (secondary N) is 1. The minimum atomic E-state index is -0.225. The molecule has 1 aromatic rings. The standard InChI is InChI=1S/C12H15NO2/c1-3-15-12(14)10-5-8-9(13-10)4-7-6(2)11(7)8/h5-7,11,13H,3-4H2,1-2H3. The SMILES string of the molecule is CCOC(=O)c1cc2c([nH]1)CC1C(C)C21. The molecule has 80 valence electrons. The number of aromatic amines is 1. The zero-order valence-electron chi connectivity index (χ0n) is 9.04. The fourth-order valence-electron chi connectivity index (χ4n) is 2.91. The summed E-state index contributed by atoms with van der Waals surface area (Å²) in [5.41, 5.74) is 3.24. The summed E-state index contributed by atoms with van der Waals surface area (Å²) in [7, 11) is 0. The fourth-order valence-corrected chi connectivity index (χ4v) is 2.91. The van der Waals surface area contributed by atoms with Crippen LogP contribution in [0.2, 0.25) is 0 Å². The van der Waals surface area contributed by atoms with Gasteiger partial charge in [-0.15, -0.1) is 0 Å². The summed E-state index contributed by atoms with van der Waals surface area (Å²) in [4.78, 5) is 14.7. The fraction of sp³-hybridized carbons (Fsp3) is 0.583. The summed E-state index contributed by atoms with van der Waals surface area (Å²) in [6.45, 7) is 4.55. The lowest BCUT2D eigenvalue weighted by Crippen LogP contribution is -2.05. The van der Waals surface area contributed by atoms with Crippen molar-refractivity contribution in [1.82, 2.24) is 4.98 Å².